The van der Waals surface area contributed by atoms with Gasteiger partial charge in [0, 0.05) is 17.3 Å². The van der Waals surface area contributed by atoms with Gasteiger partial charge in [0.05, 0.1) is 13.7 Å². The van der Waals surface area contributed by atoms with Crippen LogP contribution in [0.4, 0.5) is 5.00 Å². The van der Waals surface area contributed by atoms with Crippen molar-refractivity contribution in [2.75, 3.05) is 11.9 Å². The van der Waals surface area contributed by atoms with Gasteiger partial charge in [-0.25, -0.2) is 0 Å². The van der Waals surface area contributed by atoms with Crippen molar-refractivity contribution >= 4 is 55.4 Å². The first-order chi connectivity index (χ1) is 10.6. The first-order valence-corrected chi connectivity index (χ1v) is 9.47. The topological polar surface area (TPSA) is 58.2 Å². The quantitative estimate of drug-likeness (QED) is 0.774. The third-order valence-corrected chi connectivity index (χ3v) is 5.99. The molecule has 0 atom stereocenters. The molecule has 0 unspecified atom stereocenters. The highest BCUT2D eigenvalue weighted by molar-refractivity contribution is 9.11. The lowest BCUT2D eigenvalue weighted by Crippen LogP contribution is -2.24. The molecule has 7 heteroatoms. The van der Waals surface area contributed by atoms with Gasteiger partial charge in [0.2, 0.25) is 5.91 Å². The molecule has 1 fully saturated rings. The highest BCUT2D eigenvalue weighted by Gasteiger charge is 2.29. The maximum absolute atomic E-state index is 12.1. The molecule has 2 heterocycles. The van der Waals surface area contributed by atoms with Gasteiger partial charge in [-0.3, -0.25) is 9.59 Å². The molecule has 0 saturated heterocycles. The Morgan fingerprint density at radius 1 is 1.18 bits per heavy atom. The molecule has 2 aromatic heterocycles. The third kappa shape index (κ3) is 4.18. The van der Waals surface area contributed by atoms with E-state index in [2.05, 4.69) is 32.6 Å². The van der Waals surface area contributed by atoms with Crippen LogP contribution in [0.25, 0.3) is 0 Å². The van der Waals surface area contributed by atoms with E-state index >= 15 is 0 Å². The first-order valence-electron chi connectivity index (χ1n) is 7.05. The summed E-state index contributed by atoms with van der Waals surface area (Å²) in [5.41, 5.74) is 0. The number of hydrogen-bond donors (Lipinski definition) is 2. The largest absolute Gasteiger partial charge is 0.351 e. The molecule has 0 bridgehead atoms. The summed E-state index contributed by atoms with van der Waals surface area (Å²) in [4.78, 5) is 25.6. The summed E-state index contributed by atoms with van der Waals surface area (Å²) in [7, 11) is 0. The van der Waals surface area contributed by atoms with Crippen molar-refractivity contribution in [1.82, 2.24) is 5.32 Å². The molecule has 1 aliphatic rings. The van der Waals surface area contributed by atoms with Crippen molar-refractivity contribution in [2.45, 2.75) is 19.3 Å². The van der Waals surface area contributed by atoms with Crippen molar-refractivity contribution in [3.8, 4) is 0 Å². The van der Waals surface area contributed by atoms with Crippen LogP contribution in [0.15, 0.2) is 28.1 Å². The smallest absolute Gasteiger partial charge is 0.261 e. The Bertz CT molecular complexity index is 691. The predicted octanol–water partition coefficient (Wildman–Crippen LogP) is 3.89. The molecule has 1 saturated carbocycles. The van der Waals surface area contributed by atoms with Crippen LogP contribution in [-0.4, -0.2) is 18.4 Å². The van der Waals surface area contributed by atoms with E-state index in [9.17, 15) is 9.59 Å². The molecule has 0 radical (unpaired) electrons. The molecular formula is C15H15BrN2O2S2. The second kappa shape index (κ2) is 6.93. The van der Waals surface area contributed by atoms with Gasteiger partial charge in [-0.15, -0.1) is 22.7 Å². The van der Waals surface area contributed by atoms with Crippen molar-refractivity contribution in [3.63, 3.8) is 0 Å². The van der Waals surface area contributed by atoms with Crippen LogP contribution in [0.1, 0.15) is 27.4 Å². The Morgan fingerprint density at radius 3 is 2.68 bits per heavy atom. The Labute approximate surface area is 145 Å². The lowest BCUT2D eigenvalue weighted by atomic mass is 10.3. The number of rotatable bonds is 6. The molecule has 0 spiro atoms. The summed E-state index contributed by atoms with van der Waals surface area (Å²) in [5, 5.41) is 6.51. The second-order valence-electron chi connectivity index (χ2n) is 5.14. The fourth-order valence-corrected chi connectivity index (χ4v) is 4.28. The number of carbonyl (C=O) groups is 2. The fraction of sp³-hybridized carbons (Fsp3) is 0.333. The molecule has 116 valence electrons. The molecule has 2 N–H and O–H groups in total. The van der Waals surface area contributed by atoms with Crippen LogP contribution in [0.3, 0.4) is 0 Å². The van der Waals surface area contributed by atoms with E-state index < -0.39 is 0 Å². The van der Waals surface area contributed by atoms with Gasteiger partial charge in [-0.05, 0) is 59.5 Å². The molecule has 4 nitrogen and oxygen atoms in total. The van der Waals surface area contributed by atoms with Crippen LogP contribution < -0.4 is 10.6 Å². The van der Waals surface area contributed by atoms with E-state index in [1.165, 1.54) is 16.2 Å². The molecule has 22 heavy (non-hydrogen) atoms. The number of thiophene rings is 2. The zero-order valence-electron chi connectivity index (χ0n) is 11.7. The van der Waals surface area contributed by atoms with Crippen LogP contribution in [0.2, 0.25) is 0 Å². The van der Waals surface area contributed by atoms with Gasteiger partial charge in [0.15, 0.2) is 0 Å². The van der Waals surface area contributed by atoms with Gasteiger partial charge >= 0.3 is 0 Å². The van der Waals surface area contributed by atoms with E-state index in [4.69, 9.17) is 0 Å². The number of anilines is 1. The van der Waals surface area contributed by atoms with Crippen LogP contribution in [0.5, 0.6) is 0 Å². The van der Waals surface area contributed by atoms with E-state index in [-0.39, 0.29) is 17.7 Å². The number of nitrogens with one attached hydrogen (secondary N) is 2. The minimum Gasteiger partial charge on any atom is -0.351 e. The first kappa shape index (κ1) is 15.7. The average molecular weight is 399 g/mol. The number of halogens is 1. The predicted molar refractivity (Wildman–Crippen MR) is 93.7 cm³/mol. The van der Waals surface area contributed by atoms with Gasteiger partial charge < -0.3 is 10.6 Å². The third-order valence-electron chi connectivity index (χ3n) is 3.31. The Morgan fingerprint density at radius 2 is 2.00 bits per heavy atom. The summed E-state index contributed by atoms with van der Waals surface area (Å²) in [6, 6.07) is 7.61. The van der Waals surface area contributed by atoms with E-state index in [1.807, 2.05) is 6.07 Å². The van der Waals surface area contributed by atoms with E-state index in [0.717, 1.165) is 28.0 Å². The maximum Gasteiger partial charge on any atom is 0.261 e. The lowest BCUT2D eigenvalue weighted by molar-refractivity contribution is -0.117. The Kier molecular flexibility index (Phi) is 4.95. The Balaban J connectivity index is 1.47. The summed E-state index contributed by atoms with van der Waals surface area (Å²) in [5.74, 6) is 0.147. The zero-order chi connectivity index (χ0) is 15.5. The second-order valence-corrected chi connectivity index (χ2v) is 8.77. The lowest BCUT2D eigenvalue weighted by Gasteiger charge is -2.02. The molecule has 2 aromatic rings. The minimum absolute atomic E-state index is 0.0667. The van der Waals surface area contributed by atoms with Gasteiger partial charge in [-0.1, -0.05) is 0 Å². The van der Waals surface area contributed by atoms with E-state index in [0.29, 0.717) is 11.4 Å². The zero-order valence-corrected chi connectivity index (χ0v) is 14.9. The standard InChI is InChI=1S/C15H15BrN2O2S2/c16-12-5-3-10(21-12)7-8-17-15(20)11-4-6-13(22-11)18-14(19)9-1-2-9/h3-6,9H,1-2,7-8H2,(H,17,20)(H,18,19). The molecular weight excluding hydrogens is 384 g/mol. The molecule has 3 rings (SSSR count). The van der Waals surface area contributed by atoms with Crippen molar-refractivity contribution in [3.05, 3.63) is 37.8 Å². The normalized spacial score (nSPS) is 13.9. The average Bonchev–Trinajstić information content (AvgIpc) is 3.11. The fourth-order valence-electron chi connectivity index (χ4n) is 1.97. The monoisotopic (exact) mass is 398 g/mol. The highest BCUT2D eigenvalue weighted by atomic mass is 79.9. The number of amides is 2. The Hall–Kier alpha value is -1.18. The maximum atomic E-state index is 12.1. The SMILES string of the molecule is O=C(NCCc1ccc(Br)s1)c1ccc(NC(=O)C2CC2)s1. The van der Waals surface area contributed by atoms with Gasteiger partial charge in [0.25, 0.3) is 5.91 Å². The molecule has 1 aliphatic carbocycles. The van der Waals surface area contributed by atoms with Crippen LogP contribution in [-0.2, 0) is 11.2 Å². The van der Waals surface area contributed by atoms with Gasteiger partial charge in [0.1, 0.15) is 0 Å². The van der Waals surface area contributed by atoms with Crippen LogP contribution >= 0.6 is 38.6 Å². The summed E-state index contributed by atoms with van der Waals surface area (Å²) < 4.78 is 1.10. The summed E-state index contributed by atoms with van der Waals surface area (Å²) in [6.45, 7) is 0.605. The van der Waals surface area contributed by atoms with Crippen molar-refractivity contribution in [1.29, 1.82) is 0 Å². The summed E-state index contributed by atoms with van der Waals surface area (Å²) >= 11 is 6.42. The van der Waals surface area contributed by atoms with Crippen LogP contribution in [0, 0.1) is 5.92 Å². The van der Waals surface area contributed by atoms with Crippen molar-refractivity contribution in [2.24, 2.45) is 5.92 Å². The van der Waals surface area contributed by atoms with Crippen molar-refractivity contribution < 1.29 is 9.59 Å². The highest BCUT2D eigenvalue weighted by Crippen LogP contribution is 2.31. The van der Waals surface area contributed by atoms with Gasteiger partial charge in [-0.2, -0.15) is 0 Å². The molecule has 2 amide bonds. The molecule has 0 aliphatic heterocycles. The molecule has 0 aromatic carbocycles. The number of carbonyl (C=O) groups excluding carboxylic acids is 2. The number of hydrogen-bond acceptors (Lipinski definition) is 4. The van der Waals surface area contributed by atoms with E-state index in [1.54, 1.807) is 23.5 Å². The minimum atomic E-state index is -0.0902. The summed E-state index contributed by atoms with van der Waals surface area (Å²) in [6.07, 6.45) is 2.77.